The van der Waals surface area contributed by atoms with Gasteiger partial charge in [-0.1, -0.05) is 44.6 Å². The maximum atomic E-state index is 12.4. The van der Waals surface area contributed by atoms with E-state index in [1.54, 1.807) is 25.9 Å². The lowest BCUT2D eigenvalue weighted by atomic mass is 9.81. The van der Waals surface area contributed by atoms with Gasteiger partial charge in [0.15, 0.2) is 59.9 Å². The molecule has 4 fully saturated rings. The van der Waals surface area contributed by atoms with Crippen molar-refractivity contribution in [2.75, 3.05) is 82.1 Å². The average Bonchev–Trinajstić information content (AvgIpc) is 1.63. The second-order valence-electron chi connectivity index (χ2n) is 26.4. The highest BCUT2D eigenvalue weighted by molar-refractivity contribution is 7.65. The monoisotopic (exact) mass is 1830 g/mol. The van der Waals surface area contributed by atoms with Gasteiger partial charge in [0, 0.05) is 25.2 Å². The second kappa shape index (κ2) is 41.4. The minimum Gasteiger partial charge on any atom is -0.790 e. The number of hydrogen-bond donors (Lipinski definition) is 15. The number of nitrogens with one attached hydrogen (secondary N) is 6. The highest BCUT2D eigenvalue weighted by Crippen LogP contribution is 2.63. The van der Waals surface area contributed by atoms with Gasteiger partial charge >= 0.3 is 19.0 Å². The van der Waals surface area contributed by atoms with Crippen LogP contribution >= 0.6 is 46.9 Å². The highest BCUT2D eigenvalue weighted by atomic mass is 31.3. The third-order valence-electron chi connectivity index (χ3n) is 18.1. The number of aliphatic hydroxyl groups is 4. The molecule has 4 aliphatic rings. The summed E-state index contributed by atoms with van der Waals surface area (Å²) in [6.45, 7) is 19.5. The molecule has 8 unspecified atom stereocenters. The van der Waals surface area contributed by atoms with E-state index in [-0.39, 0.29) is 81.3 Å². The first-order valence-corrected chi connectivity index (χ1v) is 45.4. The molecule has 13 rings (SSSR count). The molecular weight excluding hydrogens is 1740 g/mol. The van der Waals surface area contributed by atoms with Crippen LogP contribution in [0.2, 0.25) is 5.82 Å². The normalized spacial score (nSPS) is 25.3. The van der Waals surface area contributed by atoms with E-state index < -0.39 is 181 Å². The van der Waals surface area contributed by atoms with E-state index >= 15 is 0 Å². The second-order valence-corrected chi connectivity index (χ2v) is 35.3. The summed E-state index contributed by atoms with van der Waals surface area (Å²) in [6.07, 6.45) is -5.99. The fourth-order valence-corrected chi connectivity index (χ4v) is 18.1. The third kappa shape index (κ3) is 25.1. The van der Waals surface area contributed by atoms with E-state index in [1.165, 1.54) is 73.8 Å². The summed E-state index contributed by atoms with van der Waals surface area (Å²) in [5.74, 6) is -1.83. The summed E-state index contributed by atoms with van der Waals surface area (Å²) in [5, 5.41) is 44.6. The van der Waals surface area contributed by atoms with Crippen LogP contribution in [0.25, 0.3) is 44.7 Å². The predicted octanol–water partition coefficient (Wildman–Crippen LogP) is -7.68. The molecule has 13 heterocycles. The number of quaternary nitrogens is 1. The average molecular weight is 1830 g/mol. The maximum Gasteiger partial charge on any atom is 0.437 e. The number of hydrogen-bond acceptors (Lipinski definition) is 43. The number of aromatic nitrogens is 18. The summed E-state index contributed by atoms with van der Waals surface area (Å²) in [6, 6.07) is 0. The number of nitrogens with zero attached hydrogens (tertiary/aromatic N) is 14. The Morgan fingerprint density at radius 3 is 1.34 bits per heavy atom. The van der Waals surface area contributed by atoms with Crippen LogP contribution in [-0.4, -0.2) is 219 Å². The minimum atomic E-state index is -6.25. The number of anilines is 4. The first-order chi connectivity index (χ1) is 56.6. The molecule has 672 valence electrons. The quantitative estimate of drug-likeness (QED) is 0.0123. The number of phosphoric ester groups is 3. The molecule has 19 atom stereocenters. The lowest BCUT2D eigenvalue weighted by molar-refractivity contribution is -0.894. The molecule has 0 bridgehead atoms. The van der Waals surface area contributed by atoms with Crippen molar-refractivity contribution in [1.82, 2.24) is 82.7 Å². The van der Waals surface area contributed by atoms with Crippen LogP contribution in [0.15, 0.2) is 63.2 Å². The van der Waals surface area contributed by atoms with Crippen LogP contribution in [0.3, 0.4) is 0 Å². The number of H-pyrrole nitrogens is 4. The predicted molar refractivity (Wildman–Crippen MR) is 405 cm³/mol. The van der Waals surface area contributed by atoms with Crippen LogP contribution in [0.5, 0.6) is 0 Å². The molecule has 0 spiro atoms. The highest BCUT2D eigenvalue weighted by Gasteiger charge is 2.48. The molecule has 0 saturated carbocycles. The molecular formula is C58H92BN24O32P6-3. The lowest BCUT2D eigenvalue weighted by Crippen LogP contribution is -3.11. The van der Waals surface area contributed by atoms with E-state index in [0.717, 1.165) is 34.6 Å². The van der Waals surface area contributed by atoms with Gasteiger partial charge in [-0.2, -0.15) is 9.97 Å². The van der Waals surface area contributed by atoms with Gasteiger partial charge in [-0.15, -0.1) is 0 Å². The molecule has 2 radical (unpaired) electrons. The summed E-state index contributed by atoms with van der Waals surface area (Å²) in [4.78, 5) is 166. The summed E-state index contributed by atoms with van der Waals surface area (Å²) >= 11 is 0. The Hall–Kier alpha value is -7.71. The van der Waals surface area contributed by atoms with Gasteiger partial charge in [0.25, 0.3) is 65.4 Å². The summed E-state index contributed by atoms with van der Waals surface area (Å²) in [5.41, 5.74) is 20.5. The van der Waals surface area contributed by atoms with Crippen molar-refractivity contribution in [3.8, 4) is 0 Å². The van der Waals surface area contributed by atoms with Crippen molar-refractivity contribution in [2.24, 2.45) is 20.0 Å². The first-order valence-electron chi connectivity index (χ1n) is 36.5. The van der Waals surface area contributed by atoms with Crippen molar-refractivity contribution in [3.05, 3.63) is 85.4 Å². The van der Waals surface area contributed by atoms with E-state index in [2.05, 4.69) is 121 Å². The van der Waals surface area contributed by atoms with Crippen molar-refractivity contribution in [2.45, 2.75) is 148 Å². The van der Waals surface area contributed by atoms with Gasteiger partial charge in [0.2, 0.25) is 22.9 Å². The standard InChI is InChI=1S/C22H31N10O16P3.C13H16N7O7P.C11H16BN5O9P2.C6H15N.C4H11N.C2H6/c1-8-3-11(32-7-30(2)13-17(32)27-22(24)29-19(13)36)45-9(8)4-43-49(37,38)47-51(41,42)48-50(39,40)44-5-10-14(33)15(34)20(46-10)31-6-25-12-16(31)26-21(23)28-18(12)35;14-13-17-10-7(11(23)18-13)16-5-20(10)12-9(22)8(21)6(27-12)3-26-28(24,25)19-2-1-15-4-19;1-16-4-17(9-8(16)10(18)15-11(13)14-9)7-2-5(12)6(25-7)3-24-28(22,23)26-27(19,20)21;1-4-7(5-2)6-3;1-3-5-4-2;1-2/h6-11,14-15,20,33-34H,3-5H2,1-2H3,(H8-,23,24,26,27,28,29,35,36,37,38,39,40,41,42);1-2,4-6,8-9,12,21-22H,3H2,(H,24,25)(H3,14,17,18,23);4-7H,2-3H2,1H3,(H5-,13,14,15,18,19,20,21,22,23);4-6H2,1-3H3;5H,3-4H2,1-2H3;1-2H3/p-3/t8?,9-,10-,11-,14+,15?,20-;6-,8+,9?,12-;5-,6-,7-;;;/m111.../s1. The topological polar surface area (TPSA) is 818 Å². The van der Waals surface area contributed by atoms with E-state index in [4.69, 9.17) is 54.3 Å². The number of rotatable bonds is 28. The van der Waals surface area contributed by atoms with Gasteiger partial charge in [-0.05, 0) is 45.6 Å². The number of fused-ring (bicyclic) bond motifs is 4. The maximum absolute atomic E-state index is 12.4. The molecule has 9 aromatic heterocycles. The number of aliphatic hydroxyl groups excluding tert-OH is 4. The summed E-state index contributed by atoms with van der Waals surface area (Å²) in [7, 11) is -24.3. The molecule has 56 nitrogen and oxygen atoms in total. The molecule has 19 N–H and O–H groups in total. The number of aryl methyl sites for hydroxylation is 2. The Labute approximate surface area is 684 Å². The number of aromatic amines is 4. The lowest BCUT2D eigenvalue weighted by Gasteiger charge is -2.35. The van der Waals surface area contributed by atoms with Crippen LogP contribution < -0.4 is 93.9 Å². The Balaban J connectivity index is 0.000000221. The molecule has 0 amide bonds. The zero-order valence-corrected chi connectivity index (χ0v) is 71.4. The molecule has 0 aromatic carbocycles. The number of nitrogens with two attached hydrogens (primary N) is 4. The molecule has 63 heteroatoms. The van der Waals surface area contributed by atoms with E-state index in [0.29, 0.717) is 0 Å². The van der Waals surface area contributed by atoms with Gasteiger partial charge in [-0.3, -0.25) is 84.5 Å². The molecule has 121 heavy (non-hydrogen) atoms. The molecule has 4 aliphatic heterocycles. The largest absolute Gasteiger partial charge is 0.790 e. The molecule has 9 aromatic rings. The molecule has 4 saturated heterocycles. The van der Waals surface area contributed by atoms with Crippen LogP contribution in [0, 0.1) is 5.92 Å². The van der Waals surface area contributed by atoms with E-state index in [1.807, 2.05) is 13.8 Å². The van der Waals surface area contributed by atoms with Crippen molar-refractivity contribution in [1.29, 1.82) is 0 Å². The van der Waals surface area contributed by atoms with Crippen LogP contribution in [0.1, 0.15) is 93.1 Å². The fraction of sp³-hybridized carbons (Fsp3) is 0.603. The Morgan fingerprint density at radius 1 is 0.554 bits per heavy atom. The third-order valence-corrected chi connectivity index (χ3v) is 25.6. The molecule has 0 aliphatic carbocycles. The smallest absolute Gasteiger partial charge is 0.437 e. The zero-order chi connectivity index (χ0) is 89.9. The number of phosphoric acid groups is 5. The minimum absolute atomic E-state index is 0.0286. The SMILES string of the molecule is CC.CC1C[C@H]([n+]2cn(C)c3c(=O)[nH]c(N)nc32)O[C@@H]1COP(=O)([O-])OP(=O)([O-])OP(=O)([O-])OC[C@H]1O[C@@H](n2cnc3c(=O)[nH]c(N)nc32)C(O)[C@H]1O.CCNCC.CC[NH+](CC)CC.Nc1nc2c(ncn2[C@@H]2O[C@H](COP(=O)(O)n3ccnc3)[C@H](O)C2O)c(=O)[nH]1.[B][C@@H]1C[C@H]([n+]2cn(C)c3c(=O)[nH]c(N)nc32)O[C@@H]1COP(=O)([O-])OP(=O)([O-])[O-]. The van der Waals surface area contributed by atoms with Gasteiger partial charge < -0.3 is 125 Å². The van der Waals surface area contributed by atoms with Gasteiger partial charge in [0.1, 0.15) is 43.0 Å². The van der Waals surface area contributed by atoms with Crippen LogP contribution in [0.4, 0.5) is 23.8 Å². The summed E-state index contributed by atoms with van der Waals surface area (Å²) < 4.78 is 132. The number of ether oxygens (including phenoxy) is 4. The van der Waals surface area contributed by atoms with Crippen LogP contribution in [-0.2, 0) is 91.5 Å². The number of nitrogen functional groups attached to an aromatic ring is 4. The number of imidazole rings is 5. The van der Waals surface area contributed by atoms with E-state index in [9.17, 15) is 101 Å². The Bertz CT molecular complexity index is 5560. The van der Waals surface area contributed by atoms with Crippen molar-refractivity contribution in [3.63, 3.8) is 0 Å². The Kier molecular flexibility index (Phi) is 33.8. The Morgan fingerprint density at radius 2 is 0.942 bits per heavy atom. The first kappa shape index (κ1) is 98.7. The van der Waals surface area contributed by atoms with Gasteiger partial charge in [0.05, 0.1) is 101 Å². The fourth-order valence-electron chi connectivity index (χ4n) is 12.3. The van der Waals surface area contributed by atoms with Crippen molar-refractivity contribution < 1.29 is 146 Å². The van der Waals surface area contributed by atoms with Crippen molar-refractivity contribution >= 4 is 123 Å². The van der Waals surface area contributed by atoms with Gasteiger partial charge in [-0.25, -0.2) is 41.6 Å². The zero-order valence-electron chi connectivity index (χ0n) is 66.0.